The highest BCUT2D eigenvalue weighted by atomic mass is 15.3. The van der Waals surface area contributed by atoms with Crippen LogP contribution in [0.3, 0.4) is 0 Å². The number of piperidine rings is 1. The van der Waals surface area contributed by atoms with Gasteiger partial charge in [0.15, 0.2) is 0 Å². The van der Waals surface area contributed by atoms with Crippen molar-refractivity contribution < 1.29 is 0 Å². The predicted octanol–water partition coefficient (Wildman–Crippen LogP) is 2.37. The van der Waals surface area contributed by atoms with Crippen molar-refractivity contribution in [3.05, 3.63) is 18.5 Å². The van der Waals surface area contributed by atoms with Crippen LogP contribution in [0.2, 0.25) is 0 Å². The number of nitrogens with zero attached hydrogens (tertiary/aromatic N) is 3. The third-order valence-electron chi connectivity index (χ3n) is 4.47. The van der Waals surface area contributed by atoms with E-state index in [1.165, 1.54) is 38.9 Å². The molecule has 0 spiro atoms. The molecule has 2 rings (SSSR count). The fourth-order valence-electron chi connectivity index (χ4n) is 3.16. The molecule has 0 amide bonds. The summed E-state index contributed by atoms with van der Waals surface area (Å²) in [6.45, 7) is 10.6. The van der Waals surface area contributed by atoms with Gasteiger partial charge in [-0.05, 0) is 70.8 Å². The molecule has 0 aromatic carbocycles. The van der Waals surface area contributed by atoms with Crippen LogP contribution in [-0.2, 0) is 6.54 Å². The summed E-state index contributed by atoms with van der Waals surface area (Å²) in [6.07, 6.45) is 9.03. The number of likely N-dealkylation sites (tertiary alicyclic amines) is 1. The number of hydrogen-bond acceptors (Lipinski definition) is 3. The molecule has 20 heavy (non-hydrogen) atoms. The molecule has 1 aromatic rings. The number of nitrogens with one attached hydrogen (secondary N) is 1. The Labute approximate surface area is 123 Å². The zero-order chi connectivity index (χ0) is 14.2. The summed E-state index contributed by atoms with van der Waals surface area (Å²) in [6, 6.07) is 2.64. The average Bonchev–Trinajstić information content (AvgIpc) is 2.98. The molecule has 1 fully saturated rings. The highest BCUT2D eigenvalue weighted by Gasteiger charge is 2.22. The molecule has 1 aromatic heterocycles. The van der Waals surface area contributed by atoms with E-state index in [-0.39, 0.29) is 0 Å². The van der Waals surface area contributed by atoms with E-state index in [1.54, 1.807) is 0 Å². The van der Waals surface area contributed by atoms with Gasteiger partial charge in [-0.3, -0.25) is 4.68 Å². The number of hydrogen-bond donors (Lipinski definition) is 1. The smallest absolute Gasteiger partial charge is 0.0489 e. The maximum atomic E-state index is 4.23. The van der Waals surface area contributed by atoms with E-state index in [4.69, 9.17) is 0 Å². The summed E-state index contributed by atoms with van der Waals surface area (Å²) in [5.41, 5.74) is 0. The molecule has 4 nitrogen and oxygen atoms in total. The summed E-state index contributed by atoms with van der Waals surface area (Å²) >= 11 is 0. The maximum absolute atomic E-state index is 4.23. The van der Waals surface area contributed by atoms with Gasteiger partial charge in [-0.1, -0.05) is 6.92 Å². The fraction of sp³-hybridized carbons (Fsp3) is 0.812. The first kappa shape index (κ1) is 15.5. The van der Waals surface area contributed by atoms with Crippen LogP contribution in [0.25, 0.3) is 0 Å². The molecule has 0 aliphatic carbocycles. The van der Waals surface area contributed by atoms with E-state index in [2.05, 4.69) is 29.2 Å². The van der Waals surface area contributed by atoms with Gasteiger partial charge in [-0.15, -0.1) is 0 Å². The quantitative estimate of drug-likeness (QED) is 0.741. The van der Waals surface area contributed by atoms with Crippen molar-refractivity contribution in [2.75, 3.05) is 26.2 Å². The van der Waals surface area contributed by atoms with Crippen LogP contribution in [0.15, 0.2) is 18.5 Å². The molecule has 1 aliphatic heterocycles. The van der Waals surface area contributed by atoms with E-state index in [0.717, 1.165) is 25.4 Å². The van der Waals surface area contributed by atoms with Gasteiger partial charge >= 0.3 is 0 Å². The second-order valence-corrected chi connectivity index (χ2v) is 6.04. The molecule has 4 heteroatoms. The Hall–Kier alpha value is -0.870. The van der Waals surface area contributed by atoms with E-state index in [9.17, 15) is 0 Å². The topological polar surface area (TPSA) is 33.1 Å². The first-order valence-electron chi connectivity index (χ1n) is 8.22. The Morgan fingerprint density at radius 1 is 1.30 bits per heavy atom. The summed E-state index contributed by atoms with van der Waals surface area (Å²) in [4.78, 5) is 2.61. The molecule has 114 valence electrons. The molecular weight excluding hydrogens is 248 g/mol. The SMILES string of the molecule is CCCN1CCC(C(C)NCCCn2cccn2)CC1. The lowest BCUT2D eigenvalue weighted by Crippen LogP contribution is -2.42. The van der Waals surface area contributed by atoms with Gasteiger partial charge in [0, 0.05) is 25.0 Å². The predicted molar refractivity (Wildman–Crippen MR) is 83.8 cm³/mol. The monoisotopic (exact) mass is 278 g/mol. The lowest BCUT2D eigenvalue weighted by molar-refractivity contribution is 0.162. The van der Waals surface area contributed by atoms with Gasteiger partial charge in [-0.25, -0.2) is 0 Å². The largest absolute Gasteiger partial charge is 0.314 e. The Balaban J connectivity index is 1.57. The Morgan fingerprint density at radius 3 is 2.75 bits per heavy atom. The molecular formula is C16H30N4. The van der Waals surface area contributed by atoms with Crippen LogP contribution >= 0.6 is 0 Å². The zero-order valence-corrected chi connectivity index (χ0v) is 13.1. The Bertz CT molecular complexity index is 341. The van der Waals surface area contributed by atoms with Gasteiger partial charge in [0.1, 0.15) is 0 Å². The summed E-state index contributed by atoms with van der Waals surface area (Å²) < 4.78 is 2.01. The Kier molecular flexibility index (Phi) is 6.54. The van der Waals surface area contributed by atoms with Crippen molar-refractivity contribution in [1.29, 1.82) is 0 Å². The number of aromatic nitrogens is 2. The highest BCUT2D eigenvalue weighted by Crippen LogP contribution is 2.20. The van der Waals surface area contributed by atoms with E-state index >= 15 is 0 Å². The fourth-order valence-corrected chi connectivity index (χ4v) is 3.16. The third kappa shape index (κ3) is 4.91. The lowest BCUT2D eigenvalue weighted by atomic mass is 9.90. The normalized spacial score (nSPS) is 19.3. The van der Waals surface area contributed by atoms with Crippen LogP contribution in [0.4, 0.5) is 0 Å². The molecule has 0 saturated carbocycles. The first-order chi connectivity index (χ1) is 9.79. The molecule has 1 saturated heterocycles. The van der Waals surface area contributed by atoms with E-state index in [0.29, 0.717) is 6.04 Å². The van der Waals surface area contributed by atoms with Crippen LogP contribution < -0.4 is 5.32 Å². The van der Waals surface area contributed by atoms with Crippen molar-refractivity contribution in [2.45, 2.75) is 52.1 Å². The van der Waals surface area contributed by atoms with Crippen LogP contribution in [0.5, 0.6) is 0 Å². The van der Waals surface area contributed by atoms with Gasteiger partial charge in [0.05, 0.1) is 0 Å². The van der Waals surface area contributed by atoms with Crippen LogP contribution in [-0.4, -0.2) is 46.9 Å². The van der Waals surface area contributed by atoms with Crippen LogP contribution in [0.1, 0.15) is 39.5 Å². The lowest BCUT2D eigenvalue weighted by Gasteiger charge is -2.35. The zero-order valence-electron chi connectivity index (χ0n) is 13.1. The summed E-state index contributed by atoms with van der Waals surface area (Å²) in [5, 5.41) is 7.93. The van der Waals surface area contributed by atoms with Crippen molar-refractivity contribution in [1.82, 2.24) is 20.0 Å². The molecule has 0 radical (unpaired) electrons. The molecule has 1 aliphatic rings. The maximum Gasteiger partial charge on any atom is 0.0489 e. The standard InChI is InChI=1S/C16H30N4/c1-3-10-19-13-6-16(7-14-19)15(2)17-8-4-11-20-12-5-9-18-20/h5,9,12,15-17H,3-4,6-8,10-11,13-14H2,1-2H3. The van der Waals surface area contributed by atoms with Crippen molar-refractivity contribution >= 4 is 0 Å². The molecule has 2 heterocycles. The van der Waals surface area contributed by atoms with Gasteiger partial charge < -0.3 is 10.2 Å². The average molecular weight is 278 g/mol. The van der Waals surface area contributed by atoms with Gasteiger partial charge in [0.2, 0.25) is 0 Å². The van der Waals surface area contributed by atoms with E-state index < -0.39 is 0 Å². The molecule has 1 N–H and O–H groups in total. The summed E-state index contributed by atoms with van der Waals surface area (Å²) in [7, 11) is 0. The third-order valence-corrected chi connectivity index (χ3v) is 4.47. The van der Waals surface area contributed by atoms with Crippen LogP contribution in [0, 0.1) is 5.92 Å². The Morgan fingerprint density at radius 2 is 2.10 bits per heavy atom. The minimum absolute atomic E-state index is 0.649. The van der Waals surface area contributed by atoms with Gasteiger partial charge in [0.25, 0.3) is 0 Å². The van der Waals surface area contributed by atoms with E-state index in [1.807, 2.05) is 23.1 Å². The number of aryl methyl sites for hydroxylation is 1. The van der Waals surface area contributed by atoms with Crippen molar-refractivity contribution in [3.63, 3.8) is 0 Å². The molecule has 0 bridgehead atoms. The second-order valence-electron chi connectivity index (χ2n) is 6.04. The summed E-state index contributed by atoms with van der Waals surface area (Å²) in [5.74, 6) is 0.854. The first-order valence-corrected chi connectivity index (χ1v) is 8.22. The van der Waals surface area contributed by atoms with Crippen molar-refractivity contribution in [3.8, 4) is 0 Å². The number of rotatable bonds is 8. The van der Waals surface area contributed by atoms with Gasteiger partial charge in [-0.2, -0.15) is 5.10 Å². The molecule has 1 unspecified atom stereocenters. The highest BCUT2D eigenvalue weighted by molar-refractivity contribution is 4.80. The second kappa shape index (κ2) is 8.42. The minimum atomic E-state index is 0.649. The minimum Gasteiger partial charge on any atom is -0.314 e. The van der Waals surface area contributed by atoms with Crippen molar-refractivity contribution in [2.24, 2.45) is 5.92 Å². The molecule has 1 atom stereocenters.